The topological polar surface area (TPSA) is 43.8 Å². The maximum atomic E-state index is 13.5. The van der Waals surface area contributed by atoms with Crippen LogP contribution in [0.5, 0.6) is 0 Å². The van der Waals surface area contributed by atoms with Crippen LogP contribution < -0.4 is 0 Å². The van der Waals surface area contributed by atoms with E-state index in [4.69, 9.17) is 0 Å². The third kappa shape index (κ3) is 7.01. The summed E-state index contributed by atoms with van der Waals surface area (Å²) in [5.74, 6) is -1.40. The van der Waals surface area contributed by atoms with E-state index in [0.717, 1.165) is 76.8 Å². The molecule has 2 aromatic carbocycles. The van der Waals surface area contributed by atoms with Crippen molar-refractivity contribution in [2.75, 3.05) is 32.7 Å². The average molecular weight is 527 g/mol. The van der Waals surface area contributed by atoms with E-state index in [2.05, 4.69) is 54.8 Å². The van der Waals surface area contributed by atoms with E-state index in [1.807, 2.05) is 6.07 Å². The lowest BCUT2D eigenvalue weighted by molar-refractivity contribution is -0.145. The van der Waals surface area contributed by atoms with Crippen LogP contribution in [-0.2, 0) is 11.2 Å². The van der Waals surface area contributed by atoms with Gasteiger partial charge in [-0.2, -0.15) is 0 Å². The lowest BCUT2D eigenvalue weighted by Gasteiger charge is -2.41. The Balaban J connectivity index is 1.34. The smallest absolute Gasteiger partial charge is 0.321 e. The zero-order chi connectivity index (χ0) is 27.3. The van der Waals surface area contributed by atoms with E-state index >= 15 is 0 Å². The van der Waals surface area contributed by atoms with Gasteiger partial charge in [0.15, 0.2) is 11.6 Å². The molecule has 6 heteroatoms. The van der Waals surface area contributed by atoms with Gasteiger partial charge >= 0.3 is 5.97 Å². The van der Waals surface area contributed by atoms with Crippen molar-refractivity contribution < 1.29 is 18.7 Å². The number of carboxylic acids is 1. The number of aryl methyl sites for hydroxylation is 1. The van der Waals surface area contributed by atoms with Gasteiger partial charge in [0.05, 0.1) is 0 Å². The minimum Gasteiger partial charge on any atom is -0.480 e. The van der Waals surface area contributed by atoms with Gasteiger partial charge in [-0.1, -0.05) is 63.6 Å². The molecule has 0 saturated carbocycles. The van der Waals surface area contributed by atoms with E-state index in [1.165, 1.54) is 17.7 Å². The second kappa shape index (κ2) is 12.7. The summed E-state index contributed by atoms with van der Waals surface area (Å²) in [6.45, 7) is 11.2. The summed E-state index contributed by atoms with van der Waals surface area (Å²) in [6, 6.07) is 14.4. The first kappa shape index (κ1) is 28.7. The van der Waals surface area contributed by atoms with Crippen molar-refractivity contribution >= 4 is 5.97 Å². The molecular formula is C32H44F2N2O2. The van der Waals surface area contributed by atoms with Crippen LogP contribution >= 0.6 is 0 Å². The SMILES string of the molecule is CCC(C)C(C(=O)O)N1C[C@H](CN2CCC(C)(CCCc3ccc(F)c(F)c3)CC2)[C@@H](c2ccccc2)C1. The van der Waals surface area contributed by atoms with Crippen LogP contribution in [0.25, 0.3) is 0 Å². The number of aliphatic carboxylic acids is 1. The summed E-state index contributed by atoms with van der Waals surface area (Å²) < 4.78 is 26.8. The Labute approximate surface area is 227 Å². The predicted molar refractivity (Wildman–Crippen MR) is 148 cm³/mol. The fourth-order valence-electron chi connectivity index (χ4n) is 6.65. The Hall–Kier alpha value is -2.31. The molecule has 4 rings (SSSR count). The number of rotatable bonds is 11. The van der Waals surface area contributed by atoms with Gasteiger partial charge in [0.25, 0.3) is 0 Å². The van der Waals surface area contributed by atoms with Crippen LogP contribution in [0.1, 0.15) is 69.9 Å². The molecule has 0 bridgehead atoms. The van der Waals surface area contributed by atoms with E-state index in [-0.39, 0.29) is 11.3 Å². The van der Waals surface area contributed by atoms with Crippen LogP contribution in [0.15, 0.2) is 48.5 Å². The highest BCUT2D eigenvalue weighted by Gasteiger charge is 2.42. The second-order valence-electron chi connectivity index (χ2n) is 12.1. The van der Waals surface area contributed by atoms with E-state index < -0.39 is 23.6 Å². The molecule has 2 aromatic rings. The molecule has 0 aromatic heterocycles. The summed E-state index contributed by atoms with van der Waals surface area (Å²) in [5, 5.41) is 10.0. The first-order valence-corrected chi connectivity index (χ1v) is 14.4. The lowest BCUT2D eigenvalue weighted by Crippen LogP contribution is -2.45. The molecule has 38 heavy (non-hydrogen) atoms. The number of likely N-dealkylation sites (tertiary alicyclic amines) is 2. The largest absolute Gasteiger partial charge is 0.480 e. The molecule has 4 atom stereocenters. The molecule has 0 amide bonds. The van der Waals surface area contributed by atoms with Gasteiger partial charge in [0, 0.05) is 25.6 Å². The Bertz CT molecular complexity index is 1050. The van der Waals surface area contributed by atoms with Crippen molar-refractivity contribution in [3.05, 3.63) is 71.3 Å². The highest BCUT2D eigenvalue weighted by Crippen LogP contribution is 2.39. The Morgan fingerprint density at radius 2 is 1.79 bits per heavy atom. The summed E-state index contributed by atoms with van der Waals surface area (Å²) in [4.78, 5) is 17.0. The monoisotopic (exact) mass is 526 g/mol. The van der Waals surface area contributed by atoms with Crippen LogP contribution in [-0.4, -0.2) is 59.6 Å². The van der Waals surface area contributed by atoms with Crippen molar-refractivity contribution in [1.82, 2.24) is 9.80 Å². The normalized spacial score (nSPS) is 23.8. The van der Waals surface area contributed by atoms with Crippen molar-refractivity contribution in [2.24, 2.45) is 17.3 Å². The number of hydrogen-bond donors (Lipinski definition) is 1. The standard InChI is InChI=1S/C32H44F2N2O2/c1-4-23(2)30(31(37)38)36-21-26(27(22-36)25-10-6-5-7-11-25)20-35-17-15-32(3,16-18-35)14-8-9-24-12-13-28(33)29(34)19-24/h5-7,10-13,19,23,26-27,30H,4,8-9,14-18,20-22H2,1-3H3,(H,37,38)/t23?,26-,27+,30?/m0/s1. The van der Waals surface area contributed by atoms with Crippen LogP contribution in [0.3, 0.4) is 0 Å². The van der Waals surface area contributed by atoms with Gasteiger partial charge in [-0.15, -0.1) is 0 Å². The molecule has 2 heterocycles. The summed E-state index contributed by atoms with van der Waals surface area (Å²) in [6.07, 6.45) is 5.94. The second-order valence-corrected chi connectivity index (χ2v) is 12.1. The molecular weight excluding hydrogens is 482 g/mol. The average Bonchev–Trinajstić information content (AvgIpc) is 3.30. The maximum absolute atomic E-state index is 13.5. The van der Waals surface area contributed by atoms with Gasteiger partial charge in [-0.3, -0.25) is 9.69 Å². The molecule has 2 saturated heterocycles. The van der Waals surface area contributed by atoms with Crippen molar-refractivity contribution in [3.8, 4) is 0 Å². The molecule has 2 aliphatic heterocycles. The minimum absolute atomic E-state index is 0.116. The van der Waals surface area contributed by atoms with Crippen LogP contribution in [0.4, 0.5) is 8.78 Å². The van der Waals surface area contributed by atoms with E-state index in [0.29, 0.717) is 11.8 Å². The number of carbonyl (C=O) groups is 1. The lowest BCUT2D eigenvalue weighted by atomic mass is 9.76. The Morgan fingerprint density at radius 3 is 2.42 bits per heavy atom. The molecule has 4 nitrogen and oxygen atoms in total. The van der Waals surface area contributed by atoms with Gasteiger partial charge in [0.2, 0.25) is 0 Å². The molecule has 0 spiro atoms. The van der Waals surface area contributed by atoms with E-state index in [9.17, 15) is 18.7 Å². The van der Waals surface area contributed by atoms with Gasteiger partial charge in [-0.25, -0.2) is 8.78 Å². The Kier molecular flexibility index (Phi) is 9.59. The molecule has 2 fully saturated rings. The van der Waals surface area contributed by atoms with Crippen molar-refractivity contribution in [3.63, 3.8) is 0 Å². The fourth-order valence-corrected chi connectivity index (χ4v) is 6.65. The highest BCUT2D eigenvalue weighted by molar-refractivity contribution is 5.74. The molecule has 1 N–H and O–H groups in total. The zero-order valence-electron chi connectivity index (χ0n) is 23.2. The number of benzene rings is 2. The molecule has 208 valence electrons. The van der Waals surface area contributed by atoms with Gasteiger partial charge < -0.3 is 10.0 Å². The summed E-state index contributed by atoms with van der Waals surface area (Å²) in [5.41, 5.74) is 2.44. The number of piperidine rings is 1. The molecule has 0 aliphatic carbocycles. The predicted octanol–water partition coefficient (Wildman–Crippen LogP) is 6.60. The summed E-state index contributed by atoms with van der Waals surface area (Å²) >= 11 is 0. The number of carboxylic acid groups (broad SMARTS) is 1. The molecule has 0 radical (unpaired) electrons. The Morgan fingerprint density at radius 1 is 1.08 bits per heavy atom. The van der Waals surface area contributed by atoms with Crippen molar-refractivity contribution in [2.45, 2.75) is 71.3 Å². The highest BCUT2D eigenvalue weighted by atomic mass is 19.2. The number of hydrogen-bond acceptors (Lipinski definition) is 3. The summed E-state index contributed by atoms with van der Waals surface area (Å²) in [7, 11) is 0. The first-order valence-electron chi connectivity index (χ1n) is 14.4. The number of nitrogens with zero attached hydrogens (tertiary/aromatic N) is 2. The maximum Gasteiger partial charge on any atom is 0.321 e. The minimum atomic E-state index is -0.786. The van der Waals surface area contributed by atoms with Gasteiger partial charge in [-0.05, 0) is 85.7 Å². The third-order valence-corrected chi connectivity index (χ3v) is 9.31. The van der Waals surface area contributed by atoms with Crippen LogP contribution in [0, 0.1) is 28.9 Å². The van der Waals surface area contributed by atoms with E-state index in [1.54, 1.807) is 6.07 Å². The zero-order valence-corrected chi connectivity index (χ0v) is 23.2. The molecule has 2 unspecified atom stereocenters. The van der Waals surface area contributed by atoms with Crippen LogP contribution in [0.2, 0.25) is 0 Å². The van der Waals surface area contributed by atoms with Gasteiger partial charge in [0.1, 0.15) is 6.04 Å². The fraction of sp³-hybridized carbons (Fsp3) is 0.594. The number of halogens is 2. The quantitative estimate of drug-likeness (QED) is 0.358. The van der Waals surface area contributed by atoms with Crippen molar-refractivity contribution in [1.29, 1.82) is 0 Å². The first-order chi connectivity index (χ1) is 18.2. The third-order valence-electron chi connectivity index (χ3n) is 9.31. The molecule has 2 aliphatic rings.